The summed E-state index contributed by atoms with van der Waals surface area (Å²) in [6.07, 6.45) is 6.65. The predicted octanol–water partition coefficient (Wildman–Crippen LogP) is 3.59. The average Bonchev–Trinajstić information content (AvgIpc) is 2.98. The van der Waals surface area contributed by atoms with Gasteiger partial charge in [0.1, 0.15) is 0 Å². The highest BCUT2D eigenvalue weighted by Crippen LogP contribution is 2.24. The number of terminal acetylenes is 1. The van der Waals surface area contributed by atoms with E-state index in [9.17, 15) is 13.2 Å². The normalized spacial score (nSPS) is 12.2. The van der Waals surface area contributed by atoms with Gasteiger partial charge in [-0.3, -0.25) is 4.79 Å². The van der Waals surface area contributed by atoms with Gasteiger partial charge >= 0.3 is 0 Å². The van der Waals surface area contributed by atoms with Crippen LogP contribution in [0.1, 0.15) is 17.3 Å². The van der Waals surface area contributed by atoms with Crippen molar-refractivity contribution in [2.24, 2.45) is 4.99 Å². The zero-order valence-corrected chi connectivity index (χ0v) is 17.8. The first-order valence-electron chi connectivity index (χ1n) is 8.43. The molecule has 3 rings (SSSR count). The minimum atomic E-state index is -3.33. The molecule has 2 aromatic carbocycles. The number of thioether (sulfide) groups is 1. The molecule has 0 fully saturated rings. The Kier molecular flexibility index (Phi) is 6.08. The summed E-state index contributed by atoms with van der Waals surface area (Å²) in [5.74, 6) is 3.06. The summed E-state index contributed by atoms with van der Waals surface area (Å²) < 4.78 is 26.1. The van der Waals surface area contributed by atoms with Gasteiger partial charge in [-0.05, 0) is 36.1 Å². The molecule has 0 bridgehead atoms. The molecular weight excluding hydrogens is 412 g/mol. The van der Waals surface area contributed by atoms with E-state index in [4.69, 9.17) is 6.42 Å². The van der Waals surface area contributed by atoms with Crippen LogP contribution in [0.25, 0.3) is 10.2 Å². The van der Waals surface area contributed by atoms with Gasteiger partial charge in [0.25, 0.3) is 5.91 Å². The molecule has 0 aliphatic carbocycles. The number of hydrogen-bond acceptors (Lipinski definition) is 5. The van der Waals surface area contributed by atoms with Gasteiger partial charge in [0.2, 0.25) is 0 Å². The SMILES string of the molecule is C#CCn1c(=NC(=O)c2ccccc2SCC)sc2cc(S(C)(=O)=O)ccc21. The second kappa shape index (κ2) is 8.35. The highest BCUT2D eigenvalue weighted by molar-refractivity contribution is 7.99. The quantitative estimate of drug-likeness (QED) is 0.458. The van der Waals surface area contributed by atoms with E-state index in [1.54, 1.807) is 40.6 Å². The van der Waals surface area contributed by atoms with E-state index in [2.05, 4.69) is 10.9 Å². The molecule has 144 valence electrons. The molecule has 0 spiro atoms. The Morgan fingerprint density at radius 1 is 1.29 bits per heavy atom. The van der Waals surface area contributed by atoms with Crippen molar-refractivity contribution in [3.05, 3.63) is 52.8 Å². The fraction of sp³-hybridized carbons (Fsp3) is 0.200. The first kappa shape index (κ1) is 20.4. The molecule has 0 saturated carbocycles. The second-order valence-corrected chi connectivity index (χ2v) is 10.3. The number of fused-ring (bicyclic) bond motifs is 1. The van der Waals surface area contributed by atoms with Crippen molar-refractivity contribution in [3.8, 4) is 12.3 Å². The Morgan fingerprint density at radius 3 is 2.71 bits per heavy atom. The number of aromatic nitrogens is 1. The topological polar surface area (TPSA) is 68.5 Å². The molecule has 1 heterocycles. The maximum Gasteiger partial charge on any atom is 0.280 e. The van der Waals surface area contributed by atoms with Crippen LogP contribution in [0.5, 0.6) is 0 Å². The van der Waals surface area contributed by atoms with E-state index in [0.29, 0.717) is 15.1 Å². The molecule has 0 unspecified atom stereocenters. The smallest absolute Gasteiger partial charge is 0.280 e. The molecule has 1 aromatic heterocycles. The van der Waals surface area contributed by atoms with Crippen molar-refractivity contribution in [2.45, 2.75) is 23.3 Å². The van der Waals surface area contributed by atoms with Crippen molar-refractivity contribution < 1.29 is 13.2 Å². The minimum Gasteiger partial charge on any atom is -0.305 e. The van der Waals surface area contributed by atoms with Crippen LogP contribution < -0.4 is 4.80 Å². The number of amides is 1. The molecule has 0 saturated heterocycles. The van der Waals surface area contributed by atoms with Crippen LogP contribution in [0.15, 0.2) is 57.2 Å². The first-order chi connectivity index (χ1) is 13.3. The molecular formula is C20H18N2O3S3. The van der Waals surface area contributed by atoms with E-state index in [1.165, 1.54) is 17.4 Å². The summed E-state index contributed by atoms with van der Waals surface area (Å²) in [7, 11) is -3.33. The summed E-state index contributed by atoms with van der Waals surface area (Å²) in [5, 5.41) is 0. The van der Waals surface area contributed by atoms with Crippen LogP contribution >= 0.6 is 23.1 Å². The highest BCUT2D eigenvalue weighted by Gasteiger charge is 2.14. The molecule has 3 aromatic rings. The predicted molar refractivity (Wildman–Crippen MR) is 114 cm³/mol. The van der Waals surface area contributed by atoms with E-state index in [0.717, 1.165) is 22.4 Å². The molecule has 0 aliphatic rings. The number of benzene rings is 2. The Labute approximate surface area is 172 Å². The summed E-state index contributed by atoms with van der Waals surface area (Å²) in [5.41, 5.74) is 1.29. The van der Waals surface area contributed by atoms with Gasteiger partial charge in [-0.25, -0.2) is 8.42 Å². The number of hydrogen-bond donors (Lipinski definition) is 0. The third kappa shape index (κ3) is 4.22. The van der Waals surface area contributed by atoms with E-state index < -0.39 is 9.84 Å². The average molecular weight is 431 g/mol. The van der Waals surface area contributed by atoms with E-state index in [1.807, 2.05) is 19.1 Å². The Morgan fingerprint density at radius 2 is 2.04 bits per heavy atom. The number of thiazole rings is 1. The van der Waals surface area contributed by atoms with Gasteiger partial charge in [-0.2, -0.15) is 4.99 Å². The molecule has 0 aliphatic heterocycles. The van der Waals surface area contributed by atoms with Crippen LogP contribution in [0, 0.1) is 12.3 Å². The summed E-state index contributed by atoms with van der Waals surface area (Å²) in [4.78, 5) is 18.7. The van der Waals surface area contributed by atoms with Crippen molar-refractivity contribution >= 4 is 49.1 Å². The third-order valence-corrected chi connectivity index (χ3v) is 7.05. The lowest BCUT2D eigenvalue weighted by Crippen LogP contribution is -2.16. The molecule has 8 heteroatoms. The minimum absolute atomic E-state index is 0.219. The highest BCUT2D eigenvalue weighted by atomic mass is 32.2. The van der Waals surface area contributed by atoms with Crippen molar-refractivity contribution in [1.29, 1.82) is 0 Å². The van der Waals surface area contributed by atoms with Crippen molar-refractivity contribution in [2.75, 3.05) is 12.0 Å². The van der Waals surface area contributed by atoms with E-state index >= 15 is 0 Å². The van der Waals surface area contributed by atoms with Crippen LogP contribution in [-0.4, -0.2) is 30.9 Å². The lowest BCUT2D eigenvalue weighted by Gasteiger charge is -2.04. The number of carbonyl (C=O) groups excluding carboxylic acids is 1. The van der Waals surface area contributed by atoms with Crippen molar-refractivity contribution in [1.82, 2.24) is 4.57 Å². The lowest BCUT2D eigenvalue weighted by atomic mass is 10.2. The summed E-state index contributed by atoms with van der Waals surface area (Å²) in [6.45, 7) is 2.25. The third-order valence-electron chi connectivity index (χ3n) is 3.95. The largest absolute Gasteiger partial charge is 0.305 e. The number of carbonyl (C=O) groups is 1. The molecule has 0 atom stereocenters. The van der Waals surface area contributed by atoms with Gasteiger partial charge in [0.15, 0.2) is 14.6 Å². The fourth-order valence-electron chi connectivity index (χ4n) is 2.69. The zero-order valence-electron chi connectivity index (χ0n) is 15.4. The molecule has 28 heavy (non-hydrogen) atoms. The van der Waals surface area contributed by atoms with E-state index in [-0.39, 0.29) is 17.3 Å². The van der Waals surface area contributed by atoms with Crippen LogP contribution in [0.4, 0.5) is 0 Å². The summed E-state index contributed by atoms with van der Waals surface area (Å²) >= 11 is 2.83. The maximum absolute atomic E-state index is 12.8. The van der Waals surface area contributed by atoms with Gasteiger partial charge in [-0.15, -0.1) is 18.2 Å². The van der Waals surface area contributed by atoms with Gasteiger partial charge < -0.3 is 4.57 Å². The van der Waals surface area contributed by atoms with Gasteiger partial charge in [0, 0.05) is 11.2 Å². The van der Waals surface area contributed by atoms with Crippen LogP contribution in [0.2, 0.25) is 0 Å². The van der Waals surface area contributed by atoms with Gasteiger partial charge in [-0.1, -0.05) is 36.3 Å². The second-order valence-electron chi connectivity index (χ2n) is 5.92. The monoisotopic (exact) mass is 430 g/mol. The Bertz CT molecular complexity index is 1260. The molecule has 1 amide bonds. The number of rotatable bonds is 5. The molecule has 0 N–H and O–H groups in total. The molecule has 5 nitrogen and oxygen atoms in total. The first-order valence-corrected chi connectivity index (χ1v) is 12.1. The number of nitrogens with zero attached hydrogens (tertiary/aromatic N) is 2. The summed E-state index contributed by atoms with van der Waals surface area (Å²) in [6, 6.07) is 12.2. The number of sulfone groups is 1. The molecule has 0 radical (unpaired) electrons. The zero-order chi connectivity index (χ0) is 20.3. The van der Waals surface area contributed by atoms with Crippen LogP contribution in [-0.2, 0) is 16.4 Å². The fourth-order valence-corrected chi connectivity index (χ4v) is 5.27. The van der Waals surface area contributed by atoms with Gasteiger partial charge in [0.05, 0.1) is 27.2 Å². The Balaban J connectivity index is 2.18. The maximum atomic E-state index is 12.8. The van der Waals surface area contributed by atoms with Crippen molar-refractivity contribution in [3.63, 3.8) is 0 Å². The Hall–Kier alpha value is -2.34. The standard InChI is InChI=1S/C20H18N2O3S3/c1-4-12-22-16-11-10-14(28(3,24)25)13-18(16)27-20(22)21-19(23)15-8-6-7-9-17(15)26-5-2/h1,6-11,13H,5,12H2,2-3H3. The lowest BCUT2D eigenvalue weighted by molar-refractivity contribution is 0.0995. The van der Waals surface area contributed by atoms with Crippen LogP contribution in [0.3, 0.4) is 0 Å².